The Morgan fingerprint density at radius 3 is 0.833 bits per heavy atom. The van der Waals surface area contributed by atoms with Crippen LogP contribution in [-0.4, -0.2) is 29.3 Å². The maximum absolute atomic E-state index is 5.22. The van der Waals surface area contributed by atoms with Crippen molar-refractivity contribution in [2.24, 2.45) is 0 Å². The van der Waals surface area contributed by atoms with E-state index in [9.17, 15) is 0 Å². The van der Waals surface area contributed by atoms with E-state index in [-0.39, 0.29) is 0 Å². The average Bonchev–Trinajstić information content (AvgIpc) is 2.89. The van der Waals surface area contributed by atoms with Gasteiger partial charge in [0.25, 0.3) is 0 Å². The van der Waals surface area contributed by atoms with E-state index in [1.807, 2.05) is 20.8 Å². The third-order valence-corrected chi connectivity index (χ3v) is 8.20. The molecule has 0 saturated carbocycles. The maximum Gasteiger partial charge on any atom is 0.484 e. The Labute approximate surface area is 214 Å². The van der Waals surface area contributed by atoms with Crippen LogP contribution in [0.1, 0.15) is 20.8 Å². The first-order chi connectivity index (χ1) is 17.7. The minimum atomic E-state index is -1.73. The number of hydrogen-bond acceptors (Lipinski definition) is 3. The summed E-state index contributed by atoms with van der Waals surface area (Å²) in [7, 11) is -1.73. The van der Waals surface area contributed by atoms with Gasteiger partial charge in [-0.1, -0.05) is 48.5 Å². The predicted molar refractivity (Wildman–Crippen MR) is 156 cm³/mol. The molecule has 0 radical (unpaired) electrons. The molecule has 0 amide bonds. The van der Waals surface area contributed by atoms with Gasteiger partial charge in [0.15, 0.2) is 0 Å². The summed E-state index contributed by atoms with van der Waals surface area (Å²) in [5.74, 6) is 0. The van der Waals surface area contributed by atoms with E-state index in [1.165, 1.54) is 53.9 Å². The van der Waals surface area contributed by atoms with Gasteiger partial charge in [-0.3, -0.25) is 0 Å². The Morgan fingerprint density at radius 1 is 0.389 bits per heavy atom. The highest BCUT2D eigenvalue weighted by atomic mass is 28.3. The summed E-state index contributed by atoms with van der Waals surface area (Å²) in [6, 6.07) is 35.7. The predicted octanol–water partition coefficient (Wildman–Crippen LogP) is 8.27. The summed E-state index contributed by atoms with van der Waals surface area (Å²) in [4.78, 5) is 0. The Balaban J connectivity index is 0.000000230. The molecule has 0 aliphatic heterocycles. The van der Waals surface area contributed by atoms with Crippen molar-refractivity contribution in [3.05, 3.63) is 97.1 Å². The fourth-order valence-electron chi connectivity index (χ4n) is 4.69. The second kappa shape index (κ2) is 11.2. The summed E-state index contributed by atoms with van der Waals surface area (Å²) < 4.78 is 15.7. The molecule has 182 valence electrons. The summed E-state index contributed by atoms with van der Waals surface area (Å²) in [5.41, 5.74) is 0. The molecule has 0 spiro atoms. The molecule has 0 unspecified atom stereocenters. The third kappa shape index (κ3) is 5.27. The first kappa shape index (κ1) is 24.4. The SMILES string of the molecule is CCO[SiH](OCC)OCC.c1ccc2cc3cc4cc5cc6ccccc6cc5cc4cc3cc2c1. The van der Waals surface area contributed by atoms with Gasteiger partial charge < -0.3 is 13.3 Å². The lowest BCUT2D eigenvalue weighted by atomic mass is 9.96. The molecule has 6 aromatic carbocycles. The van der Waals surface area contributed by atoms with Crippen LogP contribution in [-0.2, 0) is 13.3 Å². The van der Waals surface area contributed by atoms with Gasteiger partial charge in [-0.2, -0.15) is 0 Å². The summed E-state index contributed by atoms with van der Waals surface area (Å²) in [6.07, 6.45) is 0. The quantitative estimate of drug-likeness (QED) is 0.173. The van der Waals surface area contributed by atoms with Gasteiger partial charge in [0.1, 0.15) is 0 Å². The first-order valence-corrected chi connectivity index (χ1v) is 14.1. The van der Waals surface area contributed by atoms with E-state index in [0.29, 0.717) is 19.8 Å². The highest BCUT2D eigenvalue weighted by Crippen LogP contribution is 2.31. The number of benzene rings is 6. The molecule has 36 heavy (non-hydrogen) atoms. The van der Waals surface area contributed by atoms with E-state index in [2.05, 4.69) is 97.1 Å². The van der Waals surface area contributed by atoms with Crippen molar-refractivity contribution in [3.63, 3.8) is 0 Å². The molecule has 0 aliphatic carbocycles. The minimum absolute atomic E-state index is 0.677. The Hall–Kier alpha value is -3.28. The minimum Gasteiger partial charge on any atom is -0.376 e. The van der Waals surface area contributed by atoms with Crippen LogP contribution in [0.2, 0.25) is 0 Å². The van der Waals surface area contributed by atoms with Crippen molar-refractivity contribution < 1.29 is 13.3 Å². The zero-order valence-corrected chi connectivity index (χ0v) is 22.3. The molecule has 0 atom stereocenters. The van der Waals surface area contributed by atoms with Crippen LogP contribution >= 0.6 is 0 Å². The molecule has 0 bridgehead atoms. The normalized spacial score (nSPS) is 11.6. The molecule has 0 aliphatic rings. The zero-order chi connectivity index (χ0) is 24.9. The average molecular weight is 493 g/mol. The van der Waals surface area contributed by atoms with E-state index < -0.39 is 9.53 Å². The second-order valence-corrected chi connectivity index (χ2v) is 10.4. The molecule has 6 aromatic rings. The molecule has 3 nitrogen and oxygen atoms in total. The van der Waals surface area contributed by atoms with E-state index in [1.54, 1.807) is 0 Å². The Kier molecular flexibility index (Phi) is 7.59. The summed E-state index contributed by atoms with van der Waals surface area (Å²) >= 11 is 0. The van der Waals surface area contributed by atoms with Crippen LogP contribution in [0.25, 0.3) is 53.9 Å². The molecule has 0 aromatic heterocycles. The molecule has 0 N–H and O–H groups in total. The largest absolute Gasteiger partial charge is 0.484 e. The molecule has 0 saturated heterocycles. The van der Waals surface area contributed by atoms with Gasteiger partial charge in [-0.25, -0.2) is 0 Å². The van der Waals surface area contributed by atoms with Gasteiger partial charge in [0.2, 0.25) is 0 Å². The topological polar surface area (TPSA) is 27.7 Å². The molecule has 0 fully saturated rings. The fourth-order valence-corrected chi connectivity index (χ4v) is 5.80. The molecule has 4 heteroatoms. The molecular weight excluding hydrogens is 460 g/mol. The standard InChI is InChI=1S/C26H16.C6H16O3Si/c1-2-6-18-10-22-14-26-16-24-12-20-8-4-3-7-19(20)11-23(24)15-25(26)13-21(22)9-17(18)5-1;1-4-7-10(8-5-2)9-6-3/h1-16H;10H,4-6H2,1-3H3. The lowest BCUT2D eigenvalue weighted by molar-refractivity contribution is 0.107. The zero-order valence-electron chi connectivity index (χ0n) is 21.2. The Morgan fingerprint density at radius 2 is 0.611 bits per heavy atom. The van der Waals surface area contributed by atoms with Crippen LogP contribution in [0.3, 0.4) is 0 Å². The lowest BCUT2D eigenvalue weighted by Crippen LogP contribution is -2.27. The van der Waals surface area contributed by atoms with Crippen molar-refractivity contribution in [2.45, 2.75) is 20.8 Å². The molecular formula is C32H32O3Si. The van der Waals surface area contributed by atoms with Crippen LogP contribution in [0.4, 0.5) is 0 Å². The lowest BCUT2D eigenvalue weighted by Gasteiger charge is -2.12. The smallest absolute Gasteiger partial charge is 0.376 e. The number of hydrogen-bond donors (Lipinski definition) is 0. The molecule has 0 heterocycles. The van der Waals surface area contributed by atoms with Gasteiger partial charge in [-0.15, -0.1) is 0 Å². The van der Waals surface area contributed by atoms with Gasteiger partial charge in [0, 0.05) is 19.8 Å². The van der Waals surface area contributed by atoms with Crippen LogP contribution in [0.15, 0.2) is 97.1 Å². The van der Waals surface area contributed by atoms with Gasteiger partial charge >= 0.3 is 9.53 Å². The third-order valence-electron chi connectivity index (χ3n) is 6.39. The van der Waals surface area contributed by atoms with Crippen molar-refractivity contribution >= 4 is 63.4 Å². The van der Waals surface area contributed by atoms with Gasteiger partial charge in [0.05, 0.1) is 0 Å². The highest BCUT2D eigenvalue weighted by molar-refractivity contribution is 6.36. The van der Waals surface area contributed by atoms with Crippen molar-refractivity contribution in [1.82, 2.24) is 0 Å². The highest BCUT2D eigenvalue weighted by Gasteiger charge is 2.11. The van der Waals surface area contributed by atoms with Crippen LogP contribution in [0.5, 0.6) is 0 Å². The molecule has 6 rings (SSSR count). The number of rotatable bonds is 6. The van der Waals surface area contributed by atoms with E-state index in [4.69, 9.17) is 13.3 Å². The van der Waals surface area contributed by atoms with Crippen LogP contribution in [0, 0.1) is 0 Å². The summed E-state index contributed by atoms with van der Waals surface area (Å²) in [6.45, 7) is 7.86. The number of fused-ring (bicyclic) bond motifs is 5. The monoisotopic (exact) mass is 492 g/mol. The second-order valence-electron chi connectivity index (χ2n) is 8.80. The summed E-state index contributed by atoms with van der Waals surface area (Å²) in [5, 5.41) is 13.0. The van der Waals surface area contributed by atoms with E-state index in [0.717, 1.165) is 0 Å². The Bertz CT molecular complexity index is 1410. The van der Waals surface area contributed by atoms with Crippen LogP contribution < -0.4 is 0 Å². The first-order valence-electron chi connectivity index (χ1n) is 12.7. The van der Waals surface area contributed by atoms with Gasteiger partial charge in [-0.05, 0) is 123 Å². The van der Waals surface area contributed by atoms with Crippen molar-refractivity contribution in [3.8, 4) is 0 Å². The van der Waals surface area contributed by atoms with Crippen molar-refractivity contribution in [1.29, 1.82) is 0 Å². The fraction of sp³-hybridized carbons (Fsp3) is 0.188. The van der Waals surface area contributed by atoms with E-state index >= 15 is 0 Å². The maximum atomic E-state index is 5.22. The van der Waals surface area contributed by atoms with Crippen molar-refractivity contribution in [2.75, 3.05) is 19.8 Å².